The van der Waals surface area contributed by atoms with E-state index in [0.717, 1.165) is 91.9 Å². The lowest BCUT2D eigenvalue weighted by atomic mass is 10.1. The zero-order valence-corrected chi connectivity index (χ0v) is 78.3. The van der Waals surface area contributed by atoms with E-state index >= 15 is 0 Å². The van der Waals surface area contributed by atoms with Crippen LogP contribution in [0.15, 0.2) is 89.4 Å². The number of hydrogen-bond donors (Lipinski definition) is 6. The predicted molar refractivity (Wildman–Crippen MR) is 481 cm³/mol. The van der Waals surface area contributed by atoms with Gasteiger partial charge in [-0.1, -0.05) is 111 Å². The molecule has 2 aliphatic carbocycles. The van der Waals surface area contributed by atoms with Gasteiger partial charge in [0.1, 0.15) is 12.7 Å². The summed E-state index contributed by atoms with van der Waals surface area (Å²) in [5, 5.41) is 43.1. The second-order valence-corrected chi connectivity index (χ2v) is 31.3. The van der Waals surface area contributed by atoms with Crippen LogP contribution in [-0.4, -0.2) is 332 Å². The summed E-state index contributed by atoms with van der Waals surface area (Å²) in [5.74, 6) is 4.47. The predicted octanol–water partition coefficient (Wildman–Crippen LogP) is 8.60. The number of alkyl carbamates (subject to hydrolysis) is 1. The van der Waals surface area contributed by atoms with Crippen molar-refractivity contribution >= 4 is 50.5 Å². The van der Waals surface area contributed by atoms with Crippen LogP contribution in [0.4, 0.5) is 4.79 Å². The number of aromatic nitrogens is 8. The molecule has 4 aromatic rings. The normalized spacial score (nSPS) is 13.0. The van der Waals surface area contributed by atoms with Crippen molar-refractivity contribution < 1.29 is 110 Å². The first-order valence-corrected chi connectivity index (χ1v) is 43.3. The molecule has 38 heteroatoms. The lowest BCUT2D eigenvalue weighted by molar-refractivity contribution is -0.138. The van der Waals surface area contributed by atoms with E-state index in [1.807, 2.05) is 55.5 Å². The minimum absolute atomic E-state index is 0. The molecular formula is C84H153N13O23SSi. The van der Waals surface area contributed by atoms with Gasteiger partial charge in [0.25, 0.3) is 11.8 Å². The number of carbonyl (C=O) groups is 5. The molecule has 2 unspecified atom stereocenters. The maximum atomic E-state index is 10.9. The van der Waals surface area contributed by atoms with E-state index in [9.17, 15) is 24.0 Å². The number of esters is 1. The number of unbranched alkanes of at least 4 members (excludes halogenated alkanes) is 1. The molecule has 4 heterocycles. The monoisotopic (exact) mass is 1770 g/mol. The van der Waals surface area contributed by atoms with E-state index in [0.29, 0.717) is 141 Å². The summed E-state index contributed by atoms with van der Waals surface area (Å²) < 4.78 is 81.0. The van der Waals surface area contributed by atoms with E-state index in [4.69, 9.17) is 85.6 Å². The summed E-state index contributed by atoms with van der Waals surface area (Å²) in [5.41, 5.74) is 22.2. The highest BCUT2D eigenvalue weighted by atomic mass is 32.1. The van der Waals surface area contributed by atoms with E-state index in [2.05, 4.69) is 128 Å². The Balaban J connectivity index is -0.000000238. The summed E-state index contributed by atoms with van der Waals surface area (Å²) in [6, 6.07) is 15.6. The highest BCUT2D eigenvalue weighted by molar-refractivity contribution is 7.80. The molecule has 0 bridgehead atoms. The highest BCUT2D eigenvalue weighted by Gasteiger charge is 2.40. The Labute approximate surface area is 734 Å². The van der Waals surface area contributed by atoms with Crippen molar-refractivity contribution in [3.8, 4) is 35.1 Å². The lowest BCUT2D eigenvalue weighted by Crippen LogP contribution is -2.34. The largest absolute Gasteiger partial charge is 0.481 e. The summed E-state index contributed by atoms with van der Waals surface area (Å²) >= 11 is 3.88. The van der Waals surface area contributed by atoms with Gasteiger partial charge in [-0.3, -0.25) is 24.1 Å². The number of aryl methyl sites for hydroxylation is 1. The van der Waals surface area contributed by atoms with Crippen molar-refractivity contribution in [1.29, 1.82) is 0 Å². The number of hydrogen-bond acceptors (Lipinski definition) is 34. The Kier molecular flexibility index (Phi) is 98.2. The number of carboxylic acids is 1. The molecule has 4 aliphatic rings. The number of carbonyl (C=O) groups excluding carboxylic acids is 4. The fourth-order valence-electron chi connectivity index (χ4n) is 8.12. The minimum atomic E-state index is -0.987. The van der Waals surface area contributed by atoms with Gasteiger partial charge in [-0.25, -0.2) is 4.79 Å². The van der Waals surface area contributed by atoms with Crippen LogP contribution in [0.2, 0.25) is 19.6 Å². The second kappa shape index (κ2) is 94.0. The van der Waals surface area contributed by atoms with Crippen molar-refractivity contribution in [2.24, 2.45) is 29.0 Å². The zero-order valence-electron chi connectivity index (χ0n) is 76.4. The summed E-state index contributed by atoms with van der Waals surface area (Å²) in [4.78, 5) is 53.2. The molecule has 1 fully saturated rings. The Morgan fingerprint density at radius 1 is 0.598 bits per heavy atom. The Hall–Kier alpha value is -7.70. The average Bonchev–Trinajstić information content (AvgIpc) is 1.61. The van der Waals surface area contributed by atoms with Crippen molar-refractivity contribution in [2.75, 3.05) is 237 Å². The van der Waals surface area contributed by atoms with Gasteiger partial charge in [-0.05, 0) is 57.7 Å². The van der Waals surface area contributed by atoms with Gasteiger partial charge in [0.15, 0.2) is 12.2 Å². The second-order valence-electron chi connectivity index (χ2n) is 25.8. The third-order valence-corrected chi connectivity index (χ3v) is 17.2. The third kappa shape index (κ3) is 83.2. The number of ether oxygens (including phenoxy) is 17. The smallest absolute Gasteiger partial charge is 0.407 e. The van der Waals surface area contributed by atoms with Crippen LogP contribution < -0.4 is 22.5 Å². The quantitative estimate of drug-likeness (QED) is 0.00463. The molecule has 8 rings (SSSR count). The molecule has 2 atom stereocenters. The third-order valence-electron chi connectivity index (χ3n) is 14.7. The number of amides is 3. The van der Waals surface area contributed by atoms with Crippen LogP contribution in [0.25, 0.3) is 22.8 Å². The first kappa shape index (κ1) is 127. The number of thiol groups is 1. The lowest BCUT2D eigenvalue weighted by Gasteiger charge is -2.23. The Morgan fingerprint density at radius 2 is 1.07 bits per heavy atom. The first-order chi connectivity index (χ1) is 58.1. The van der Waals surface area contributed by atoms with Gasteiger partial charge in [-0.15, -0.1) is 53.1 Å². The molecule has 8 N–H and O–H groups in total. The summed E-state index contributed by atoms with van der Waals surface area (Å²) in [7, 11) is 21.8. The van der Waals surface area contributed by atoms with Crippen LogP contribution in [-0.2, 0) is 113 Å². The van der Waals surface area contributed by atoms with Crippen molar-refractivity contribution in [1.82, 2.24) is 51.0 Å². The number of benzene rings is 2. The molecule has 2 aliphatic heterocycles. The van der Waals surface area contributed by atoms with Gasteiger partial charge < -0.3 is 108 Å². The average molecular weight is 1770 g/mol. The molecule has 1 saturated heterocycles. The first-order valence-electron chi connectivity index (χ1n) is 39.2. The summed E-state index contributed by atoms with van der Waals surface area (Å²) in [6.07, 6.45) is 15.7. The molecule has 2 aromatic heterocycles. The zero-order chi connectivity index (χ0) is 92.6. The topological polar surface area (TPSA) is 459 Å². The van der Waals surface area contributed by atoms with Crippen molar-refractivity contribution in [3.05, 3.63) is 106 Å². The SMILES string of the molecule is C.C#CCCOC.CCCCOC.COC(C)=O.COC1COC1.COCC1C(C)=C1[Si](C)(C)C.COCCCC(=O)O.COCCCN.COCCN.COCCN1C(=O)C=CC1=O.COCCNC(=O)OCC1C=C1C.COCCOCCN.COCCS.COCc1ccc(-c2nnc(C)nn2)cc1.COCc1ccc(-c2nncnn2)cc1. The molecule has 0 saturated carbocycles. The summed E-state index contributed by atoms with van der Waals surface area (Å²) in [6.45, 7) is 30.8. The number of terminal acetylenes is 1. The molecule has 3 amide bonds. The van der Waals surface area contributed by atoms with Crippen LogP contribution >= 0.6 is 12.6 Å². The number of rotatable bonds is 39. The molecule has 702 valence electrons. The highest BCUT2D eigenvalue weighted by Crippen LogP contribution is 2.44. The number of nitrogens with zero attached hydrogens (tertiary/aromatic N) is 9. The van der Waals surface area contributed by atoms with E-state index < -0.39 is 14.0 Å². The molecule has 2 aromatic carbocycles. The number of aliphatic carboxylic acids is 1. The fraction of sp³-hybridized carbons (Fsp3) is 0.655. The van der Waals surface area contributed by atoms with E-state index in [1.54, 1.807) is 103 Å². The number of carboxylic acid groups (broad SMARTS) is 1. The van der Waals surface area contributed by atoms with E-state index in [1.165, 1.54) is 58.0 Å². The maximum Gasteiger partial charge on any atom is 0.407 e. The maximum absolute atomic E-state index is 10.9. The molecular weight excluding hydrogens is 1620 g/mol. The number of nitrogens with two attached hydrogens (primary N) is 3. The standard InChI is InChI=1S/C11H12N4O.C10H10N4O.C9H15NO3.C9H18OSi.C7H9NO3.C5H13NO2.C5H10O3.C5H12O.C5H8O.C4H11NO.C4H8O2.C3H9NO.C3H6O2.C3H8OS.CH4/c1-8-12-14-11(15-13-8)10-5-3-9(4-6-10)7-16-2;1-15-6-8-2-4-9(5-3-8)10-13-11-7-12-14-10;1-7-5-8(7)6-13-9(11)10-3-4-12-2;1-7-8(6-10-2)9(7)11(3,4)5;1-11-5-4-8-6(9)2-3-7(8)10;1-7-4-5-8-3-2-6;1-8-4-2-3-5(6)7;2*1-3-4-5-6-2;1-6-4-2-3-5;1-5-4-2-6-3-4;1-5-3-2-4;1-3(4)5-2;1-4-2-3-5;/h3-6H,7H2,1-2H3;2-5,7H,6H2,1H3;5,8H,3-4,6H2,1-2H3,(H,10,11);8H,6H2,1-5H3;2-3H,4-5H2,1H3;2-6H2,1H3;2-4H2,1H3,(H,6,7);3-5H2,1-2H3;1H,4-5H2,2H3;2-5H2,1H3;4H,2-3H2,1H3;2-4H2,1H3;1-2H3;5H,2-3H2,1H3;1H4. The van der Waals surface area contributed by atoms with Gasteiger partial charge in [0.05, 0.1) is 108 Å². The number of imide groups is 1. The van der Waals surface area contributed by atoms with Gasteiger partial charge in [0.2, 0.25) is 11.6 Å². The molecule has 122 heavy (non-hydrogen) atoms. The molecule has 0 radical (unpaired) electrons. The van der Waals surface area contributed by atoms with Crippen LogP contribution in [0.3, 0.4) is 0 Å². The van der Waals surface area contributed by atoms with Gasteiger partial charge >= 0.3 is 18.0 Å². The van der Waals surface area contributed by atoms with Crippen LogP contribution in [0.1, 0.15) is 90.6 Å². The van der Waals surface area contributed by atoms with Crippen LogP contribution in [0.5, 0.6) is 0 Å². The van der Waals surface area contributed by atoms with E-state index in [-0.39, 0.29) is 37.7 Å². The van der Waals surface area contributed by atoms with Crippen molar-refractivity contribution in [3.63, 3.8) is 0 Å². The minimum Gasteiger partial charge on any atom is -0.481 e. The van der Waals surface area contributed by atoms with Crippen molar-refractivity contribution in [2.45, 2.75) is 120 Å². The Bertz CT molecular complexity index is 3140. The Morgan fingerprint density at radius 3 is 1.38 bits per heavy atom. The molecule has 0 spiro atoms. The number of nitrogens with one attached hydrogen (secondary N) is 1. The molecule has 36 nitrogen and oxygen atoms in total. The van der Waals surface area contributed by atoms with Crippen LogP contribution in [0, 0.1) is 31.1 Å². The van der Waals surface area contributed by atoms with Gasteiger partial charge in [-0.2, -0.15) is 12.6 Å². The fourth-order valence-corrected chi connectivity index (χ4v) is 10.9. The van der Waals surface area contributed by atoms with Gasteiger partial charge in [0, 0.05) is 193 Å². The number of methoxy groups -OCH3 is 14.